The largest absolute Gasteiger partial charge is 0.373 e. The van der Waals surface area contributed by atoms with Crippen molar-refractivity contribution in [1.82, 2.24) is 14.6 Å². The molecule has 4 heteroatoms. The van der Waals surface area contributed by atoms with E-state index < -0.39 is 0 Å². The van der Waals surface area contributed by atoms with E-state index in [2.05, 4.69) is 34.7 Å². The van der Waals surface area contributed by atoms with E-state index in [4.69, 9.17) is 4.98 Å². The second kappa shape index (κ2) is 5.81. The summed E-state index contributed by atoms with van der Waals surface area (Å²) >= 11 is 0. The van der Waals surface area contributed by atoms with E-state index in [1.54, 1.807) is 0 Å². The van der Waals surface area contributed by atoms with Crippen LogP contribution in [0, 0.1) is 6.92 Å². The van der Waals surface area contributed by atoms with Gasteiger partial charge in [0.05, 0.1) is 11.4 Å². The molecule has 2 aromatic carbocycles. The molecule has 2 aromatic heterocycles. The van der Waals surface area contributed by atoms with E-state index in [1.807, 2.05) is 61.0 Å². The Bertz CT molecular complexity index is 989. The van der Waals surface area contributed by atoms with Crippen LogP contribution in [0.25, 0.3) is 28.0 Å². The van der Waals surface area contributed by atoms with Crippen molar-refractivity contribution >= 4 is 11.5 Å². The summed E-state index contributed by atoms with van der Waals surface area (Å²) in [5, 5.41) is 7.92. The van der Waals surface area contributed by atoms with Gasteiger partial charge in [-0.15, -0.1) is 0 Å². The van der Waals surface area contributed by atoms with Crippen LogP contribution in [0.3, 0.4) is 0 Å². The Labute approximate surface area is 140 Å². The van der Waals surface area contributed by atoms with Crippen LogP contribution in [0.1, 0.15) is 5.69 Å². The average molecular weight is 314 g/mol. The highest BCUT2D eigenvalue weighted by Crippen LogP contribution is 2.31. The van der Waals surface area contributed by atoms with Crippen molar-refractivity contribution in [3.63, 3.8) is 0 Å². The maximum absolute atomic E-state index is 4.91. The summed E-state index contributed by atoms with van der Waals surface area (Å²) in [7, 11) is 1.91. The summed E-state index contributed by atoms with van der Waals surface area (Å²) in [6.07, 6.45) is 0. The minimum absolute atomic E-state index is 0.865. The van der Waals surface area contributed by atoms with Crippen LogP contribution in [0.2, 0.25) is 0 Å². The standard InChI is InChI=1S/C20H18N4/c1-14-19(16-11-7-4-8-12-16)20-22-17(15-9-5-3-6-10-15)13-18(21-2)24(20)23-14/h3-13,21H,1-2H3. The quantitative estimate of drug-likeness (QED) is 0.609. The Balaban J connectivity index is 2.03. The van der Waals surface area contributed by atoms with E-state index in [0.29, 0.717) is 0 Å². The predicted molar refractivity (Wildman–Crippen MR) is 98.1 cm³/mol. The first kappa shape index (κ1) is 14.5. The van der Waals surface area contributed by atoms with Crippen LogP contribution >= 0.6 is 0 Å². The number of hydrogen-bond donors (Lipinski definition) is 1. The molecule has 0 saturated heterocycles. The number of fused-ring (bicyclic) bond motifs is 1. The van der Waals surface area contributed by atoms with Crippen molar-refractivity contribution in [2.45, 2.75) is 6.92 Å². The van der Waals surface area contributed by atoms with Gasteiger partial charge in [-0.05, 0) is 12.5 Å². The number of hydrogen-bond acceptors (Lipinski definition) is 3. The fourth-order valence-corrected chi connectivity index (χ4v) is 3.00. The van der Waals surface area contributed by atoms with Gasteiger partial charge in [-0.1, -0.05) is 60.7 Å². The van der Waals surface area contributed by atoms with Crippen molar-refractivity contribution < 1.29 is 0 Å². The first-order chi connectivity index (χ1) is 11.8. The van der Waals surface area contributed by atoms with Crippen molar-refractivity contribution in [3.05, 3.63) is 72.4 Å². The average Bonchev–Trinajstić information content (AvgIpc) is 2.98. The second-order valence-corrected chi connectivity index (χ2v) is 5.70. The number of benzene rings is 2. The third-order valence-electron chi connectivity index (χ3n) is 4.15. The fraction of sp³-hybridized carbons (Fsp3) is 0.100. The van der Waals surface area contributed by atoms with Crippen LogP contribution in [0.4, 0.5) is 5.82 Å². The van der Waals surface area contributed by atoms with Gasteiger partial charge in [0.1, 0.15) is 5.82 Å². The molecule has 4 aromatic rings. The zero-order valence-electron chi connectivity index (χ0n) is 13.7. The molecule has 0 saturated carbocycles. The van der Waals surface area contributed by atoms with Crippen molar-refractivity contribution in [2.24, 2.45) is 0 Å². The molecule has 0 aliphatic carbocycles. The molecule has 118 valence electrons. The van der Waals surface area contributed by atoms with E-state index in [0.717, 1.165) is 39.5 Å². The molecule has 1 N–H and O–H groups in total. The number of anilines is 1. The normalized spacial score (nSPS) is 10.9. The van der Waals surface area contributed by atoms with Gasteiger partial charge in [0.25, 0.3) is 0 Å². The van der Waals surface area contributed by atoms with E-state index in [1.165, 1.54) is 0 Å². The highest BCUT2D eigenvalue weighted by Gasteiger charge is 2.16. The topological polar surface area (TPSA) is 42.2 Å². The van der Waals surface area contributed by atoms with Crippen LogP contribution in [-0.2, 0) is 0 Å². The summed E-state index contributed by atoms with van der Waals surface area (Å²) < 4.78 is 1.88. The molecule has 0 atom stereocenters. The van der Waals surface area contributed by atoms with Gasteiger partial charge in [-0.3, -0.25) is 0 Å². The summed E-state index contributed by atoms with van der Waals surface area (Å²) in [4.78, 5) is 4.91. The molecule has 24 heavy (non-hydrogen) atoms. The van der Waals surface area contributed by atoms with Gasteiger partial charge in [0.15, 0.2) is 5.65 Å². The van der Waals surface area contributed by atoms with Crippen molar-refractivity contribution in [1.29, 1.82) is 0 Å². The summed E-state index contributed by atoms with van der Waals surface area (Å²) in [6, 6.07) is 22.5. The zero-order chi connectivity index (χ0) is 16.5. The maximum atomic E-state index is 4.91. The maximum Gasteiger partial charge on any atom is 0.166 e. The number of nitrogens with one attached hydrogen (secondary N) is 1. The fourth-order valence-electron chi connectivity index (χ4n) is 3.00. The summed E-state index contributed by atoms with van der Waals surface area (Å²) in [5.41, 5.74) is 6.06. The molecule has 0 aliphatic rings. The van der Waals surface area contributed by atoms with Gasteiger partial charge in [-0.2, -0.15) is 9.61 Å². The Hall–Kier alpha value is -3.14. The molecule has 4 rings (SSSR count). The molecule has 0 spiro atoms. The van der Waals surface area contributed by atoms with Gasteiger partial charge in [-0.25, -0.2) is 4.98 Å². The van der Waals surface area contributed by atoms with E-state index in [9.17, 15) is 0 Å². The minimum atomic E-state index is 0.865. The molecular weight excluding hydrogens is 296 g/mol. The number of aryl methyl sites for hydroxylation is 1. The van der Waals surface area contributed by atoms with Gasteiger partial charge in [0, 0.05) is 24.2 Å². The molecule has 0 radical (unpaired) electrons. The van der Waals surface area contributed by atoms with E-state index >= 15 is 0 Å². The first-order valence-electron chi connectivity index (χ1n) is 7.97. The molecule has 0 bridgehead atoms. The zero-order valence-corrected chi connectivity index (χ0v) is 13.7. The van der Waals surface area contributed by atoms with Crippen LogP contribution < -0.4 is 5.32 Å². The molecule has 0 fully saturated rings. The Morgan fingerprint density at radius 1 is 0.875 bits per heavy atom. The lowest BCUT2D eigenvalue weighted by atomic mass is 10.1. The lowest BCUT2D eigenvalue weighted by molar-refractivity contribution is 0.922. The molecule has 0 aliphatic heterocycles. The molecule has 0 amide bonds. The summed E-state index contributed by atoms with van der Waals surface area (Å²) in [6.45, 7) is 2.03. The number of nitrogens with zero attached hydrogens (tertiary/aromatic N) is 3. The van der Waals surface area contributed by atoms with Crippen LogP contribution in [0.5, 0.6) is 0 Å². The number of rotatable bonds is 3. The van der Waals surface area contributed by atoms with Gasteiger partial charge < -0.3 is 5.32 Å². The lowest BCUT2D eigenvalue weighted by Crippen LogP contribution is -2.02. The molecule has 0 unspecified atom stereocenters. The molecule has 2 heterocycles. The van der Waals surface area contributed by atoms with Gasteiger partial charge in [0.2, 0.25) is 0 Å². The smallest absolute Gasteiger partial charge is 0.166 e. The molecule has 4 nitrogen and oxygen atoms in total. The third kappa shape index (κ3) is 2.33. The Morgan fingerprint density at radius 2 is 1.50 bits per heavy atom. The minimum Gasteiger partial charge on any atom is -0.373 e. The first-order valence-corrected chi connectivity index (χ1v) is 7.97. The van der Waals surface area contributed by atoms with Crippen LogP contribution in [0.15, 0.2) is 66.7 Å². The summed E-state index contributed by atoms with van der Waals surface area (Å²) in [5.74, 6) is 0.920. The van der Waals surface area contributed by atoms with Crippen molar-refractivity contribution in [3.8, 4) is 22.4 Å². The van der Waals surface area contributed by atoms with Crippen molar-refractivity contribution in [2.75, 3.05) is 12.4 Å². The Kier molecular flexibility index (Phi) is 3.50. The van der Waals surface area contributed by atoms with Crippen LogP contribution in [-0.4, -0.2) is 21.6 Å². The highest BCUT2D eigenvalue weighted by atomic mass is 15.3. The lowest BCUT2D eigenvalue weighted by Gasteiger charge is -2.08. The monoisotopic (exact) mass is 314 g/mol. The molecular formula is C20H18N4. The highest BCUT2D eigenvalue weighted by molar-refractivity contribution is 5.82. The van der Waals surface area contributed by atoms with E-state index in [-0.39, 0.29) is 0 Å². The third-order valence-corrected chi connectivity index (χ3v) is 4.15. The predicted octanol–water partition coefficient (Wildman–Crippen LogP) is 4.41. The Morgan fingerprint density at radius 3 is 2.12 bits per heavy atom. The second-order valence-electron chi connectivity index (χ2n) is 5.70. The number of aromatic nitrogens is 3. The SMILES string of the molecule is CNc1cc(-c2ccccc2)nc2c(-c3ccccc3)c(C)nn12. The van der Waals surface area contributed by atoms with Gasteiger partial charge >= 0.3 is 0 Å².